The van der Waals surface area contributed by atoms with Crippen LogP contribution in [0.1, 0.15) is 51.8 Å². The molecule has 0 saturated carbocycles. The van der Waals surface area contributed by atoms with Gasteiger partial charge in [0.15, 0.2) is 11.6 Å². The van der Waals surface area contributed by atoms with E-state index in [1.165, 1.54) is 12.1 Å². The van der Waals surface area contributed by atoms with Crippen molar-refractivity contribution < 1.29 is 14.0 Å². The minimum atomic E-state index is -0.441. The highest BCUT2D eigenvalue weighted by molar-refractivity contribution is 6.10. The first kappa shape index (κ1) is 22.9. The smallest absolute Gasteiger partial charge is 0.193 e. The van der Waals surface area contributed by atoms with Gasteiger partial charge in [-0.2, -0.15) is 0 Å². The average molecular weight is 489 g/mol. The van der Waals surface area contributed by atoms with Gasteiger partial charge in [-0.1, -0.05) is 72.8 Å². The standard InChI is InChI=1S/C32H25FN2O2/c33-25-14-11-21(12-15-25)31-30-28(18-24(19-29(30)36)20-7-3-1-4-8-20)34-27-17-23(13-16-26(27)35-31)32(37)22-9-5-2-6-10-22/h1-17,24,31,34-35H,18-19H2. The number of hydrogen-bond acceptors (Lipinski definition) is 4. The first-order valence-corrected chi connectivity index (χ1v) is 12.4. The van der Waals surface area contributed by atoms with Gasteiger partial charge in [-0.25, -0.2) is 4.39 Å². The number of nitrogens with one attached hydrogen (secondary N) is 2. The number of Topliss-reactive ketones (excluding diaryl/α,β-unsaturated/α-hetero) is 1. The predicted octanol–water partition coefficient (Wildman–Crippen LogP) is 7.04. The van der Waals surface area contributed by atoms with Crippen LogP contribution < -0.4 is 10.6 Å². The summed E-state index contributed by atoms with van der Waals surface area (Å²) >= 11 is 0. The number of anilines is 2. The van der Waals surface area contributed by atoms with Crippen molar-refractivity contribution in [1.29, 1.82) is 0 Å². The maximum atomic E-state index is 13.7. The van der Waals surface area contributed by atoms with Gasteiger partial charge in [-0.05, 0) is 53.8 Å². The summed E-state index contributed by atoms with van der Waals surface area (Å²) < 4.78 is 13.7. The second-order valence-corrected chi connectivity index (χ2v) is 9.54. The summed E-state index contributed by atoms with van der Waals surface area (Å²) in [6.07, 6.45) is 1.05. The molecular formula is C32H25FN2O2. The molecule has 0 radical (unpaired) electrons. The highest BCUT2D eigenvalue weighted by atomic mass is 19.1. The largest absolute Gasteiger partial charge is 0.372 e. The lowest BCUT2D eigenvalue weighted by atomic mass is 9.78. The lowest BCUT2D eigenvalue weighted by Crippen LogP contribution is -2.26. The number of fused-ring (bicyclic) bond motifs is 1. The van der Waals surface area contributed by atoms with E-state index in [0.717, 1.165) is 28.2 Å². The fourth-order valence-electron chi connectivity index (χ4n) is 5.31. The summed E-state index contributed by atoms with van der Waals surface area (Å²) in [6.45, 7) is 0. The quantitative estimate of drug-likeness (QED) is 0.303. The molecule has 0 fully saturated rings. The zero-order valence-electron chi connectivity index (χ0n) is 20.1. The molecule has 0 spiro atoms. The van der Waals surface area contributed by atoms with Crippen LogP contribution in [0, 0.1) is 5.82 Å². The van der Waals surface area contributed by atoms with E-state index < -0.39 is 6.04 Å². The van der Waals surface area contributed by atoms with Gasteiger partial charge in [0.05, 0.1) is 17.4 Å². The Bertz CT molecular complexity index is 1510. The number of ketones is 2. The summed E-state index contributed by atoms with van der Waals surface area (Å²) in [4.78, 5) is 26.8. The molecule has 5 heteroatoms. The fourth-order valence-corrected chi connectivity index (χ4v) is 5.31. The van der Waals surface area contributed by atoms with E-state index in [1.807, 2.05) is 48.5 Å². The van der Waals surface area contributed by atoms with Gasteiger partial charge in [-0.3, -0.25) is 9.59 Å². The van der Waals surface area contributed by atoms with Crippen molar-refractivity contribution in [3.63, 3.8) is 0 Å². The van der Waals surface area contributed by atoms with Crippen LogP contribution in [-0.4, -0.2) is 11.6 Å². The number of carbonyl (C=O) groups is 2. The Balaban J connectivity index is 1.44. The number of rotatable bonds is 4. The Hall–Kier alpha value is -4.51. The summed E-state index contributed by atoms with van der Waals surface area (Å²) in [5.41, 5.74) is 6.10. The van der Waals surface area contributed by atoms with Crippen LogP contribution >= 0.6 is 0 Å². The molecule has 1 aliphatic carbocycles. The maximum Gasteiger partial charge on any atom is 0.193 e. The molecule has 4 aromatic rings. The first-order chi connectivity index (χ1) is 18.1. The third-order valence-corrected chi connectivity index (χ3v) is 7.17. The van der Waals surface area contributed by atoms with E-state index >= 15 is 0 Å². The average Bonchev–Trinajstić information content (AvgIpc) is 3.10. The zero-order valence-corrected chi connectivity index (χ0v) is 20.1. The van der Waals surface area contributed by atoms with Crippen molar-refractivity contribution in [3.05, 3.63) is 142 Å². The van der Waals surface area contributed by atoms with Crippen molar-refractivity contribution in [2.75, 3.05) is 10.6 Å². The molecule has 2 unspecified atom stereocenters. The second-order valence-electron chi connectivity index (χ2n) is 9.54. The Morgan fingerprint density at radius 2 is 1.43 bits per heavy atom. The summed E-state index contributed by atoms with van der Waals surface area (Å²) in [5, 5.41) is 7.03. The number of allylic oxidation sites excluding steroid dienone is 1. The summed E-state index contributed by atoms with van der Waals surface area (Å²) in [7, 11) is 0. The molecule has 1 aliphatic heterocycles. The third-order valence-electron chi connectivity index (χ3n) is 7.17. The highest BCUT2D eigenvalue weighted by Gasteiger charge is 2.36. The molecule has 4 nitrogen and oxygen atoms in total. The maximum absolute atomic E-state index is 13.7. The minimum Gasteiger partial charge on any atom is -0.372 e. The molecule has 37 heavy (non-hydrogen) atoms. The highest BCUT2D eigenvalue weighted by Crippen LogP contribution is 2.44. The van der Waals surface area contributed by atoms with Crippen LogP contribution in [0.3, 0.4) is 0 Å². The van der Waals surface area contributed by atoms with Gasteiger partial charge in [0, 0.05) is 28.8 Å². The monoisotopic (exact) mass is 488 g/mol. The lowest BCUT2D eigenvalue weighted by molar-refractivity contribution is -0.116. The van der Waals surface area contributed by atoms with Gasteiger partial charge in [0.1, 0.15) is 5.82 Å². The fraction of sp³-hybridized carbons (Fsp3) is 0.125. The normalized spacial score (nSPS) is 18.7. The molecule has 2 atom stereocenters. The van der Waals surface area contributed by atoms with Crippen molar-refractivity contribution in [1.82, 2.24) is 0 Å². The van der Waals surface area contributed by atoms with Crippen LogP contribution in [0.5, 0.6) is 0 Å². The number of carbonyl (C=O) groups excluding carboxylic acids is 2. The molecule has 0 amide bonds. The molecule has 2 N–H and O–H groups in total. The molecule has 4 aromatic carbocycles. The predicted molar refractivity (Wildman–Crippen MR) is 143 cm³/mol. The summed E-state index contributed by atoms with van der Waals surface area (Å²) in [6, 6.07) is 30.6. The van der Waals surface area contributed by atoms with E-state index in [0.29, 0.717) is 29.5 Å². The Morgan fingerprint density at radius 1 is 0.730 bits per heavy atom. The second kappa shape index (κ2) is 9.51. The van der Waals surface area contributed by atoms with Crippen LogP contribution in [-0.2, 0) is 4.79 Å². The van der Waals surface area contributed by atoms with E-state index in [4.69, 9.17) is 0 Å². The van der Waals surface area contributed by atoms with Crippen molar-refractivity contribution in [2.24, 2.45) is 0 Å². The molecule has 1 heterocycles. The molecule has 6 rings (SSSR count). The first-order valence-electron chi connectivity index (χ1n) is 12.4. The van der Waals surface area contributed by atoms with Crippen molar-refractivity contribution >= 4 is 22.9 Å². The molecular weight excluding hydrogens is 463 g/mol. The van der Waals surface area contributed by atoms with Crippen LogP contribution in [0.4, 0.5) is 15.8 Å². The number of hydrogen-bond donors (Lipinski definition) is 2. The molecule has 0 bridgehead atoms. The van der Waals surface area contributed by atoms with Gasteiger partial charge in [0.2, 0.25) is 0 Å². The Labute approximate surface area is 214 Å². The van der Waals surface area contributed by atoms with E-state index in [-0.39, 0.29) is 23.3 Å². The van der Waals surface area contributed by atoms with Crippen LogP contribution in [0.25, 0.3) is 0 Å². The molecule has 0 aromatic heterocycles. The molecule has 2 aliphatic rings. The van der Waals surface area contributed by atoms with Gasteiger partial charge in [-0.15, -0.1) is 0 Å². The third kappa shape index (κ3) is 4.45. The van der Waals surface area contributed by atoms with Crippen molar-refractivity contribution in [3.8, 4) is 0 Å². The lowest BCUT2D eigenvalue weighted by Gasteiger charge is -2.30. The van der Waals surface area contributed by atoms with E-state index in [1.54, 1.807) is 30.3 Å². The Kier molecular flexibility index (Phi) is 5.89. The minimum absolute atomic E-state index is 0.0458. The molecule has 182 valence electrons. The van der Waals surface area contributed by atoms with Crippen LogP contribution in [0.15, 0.2) is 114 Å². The van der Waals surface area contributed by atoms with Crippen LogP contribution in [0.2, 0.25) is 0 Å². The van der Waals surface area contributed by atoms with Gasteiger partial charge < -0.3 is 10.6 Å². The summed E-state index contributed by atoms with van der Waals surface area (Å²) in [5.74, 6) is -0.295. The zero-order chi connectivity index (χ0) is 25.4. The van der Waals surface area contributed by atoms with Gasteiger partial charge >= 0.3 is 0 Å². The topological polar surface area (TPSA) is 58.2 Å². The van der Waals surface area contributed by atoms with Gasteiger partial charge in [0.25, 0.3) is 0 Å². The SMILES string of the molecule is O=C1CC(c2ccccc2)CC2=C1C(c1ccc(F)cc1)Nc1ccc(C(=O)c3ccccc3)cc1N2. The van der Waals surface area contributed by atoms with Crippen molar-refractivity contribution in [2.45, 2.75) is 24.8 Å². The van der Waals surface area contributed by atoms with E-state index in [9.17, 15) is 14.0 Å². The number of benzene rings is 4. The Morgan fingerprint density at radius 3 is 2.16 bits per heavy atom. The molecule has 0 saturated heterocycles. The number of halogens is 1. The van der Waals surface area contributed by atoms with E-state index in [2.05, 4.69) is 22.8 Å².